The van der Waals surface area contributed by atoms with Gasteiger partial charge in [0.15, 0.2) is 0 Å². The van der Waals surface area contributed by atoms with Gasteiger partial charge in [-0.1, -0.05) is 38.0 Å². The number of aliphatic carboxylic acids is 1. The van der Waals surface area contributed by atoms with Gasteiger partial charge in [-0.2, -0.15) is 0 Å². The van der Waals surface area contributed by atoms with Crippen molar-refractivity contribution < 1.29 is 14.7 Å². The van der Waals surface area contributed by atoms with E-state index in [1.807, 2.05) is 38.1 Å². The first kappa shape index (κ1) is 16.7. The van der Waals surface area contributed by atoms with Crippen LogP contribution < -0.4 is 5.32 Å². The average Bonchev–Trinajstić information content (AvgIpc) is 2.38. The van der Waals surface area contributed by atoms with Crippen LogP contribution in [0.5, 0.6) is 0 Å². The summed E-state index contributed by atoms with van der Waals surface area (Å²) in [4.78, 5) is 24.2. The highest BCUT2D eigenvalue weighted by Crippen LogP contribution is 2.23. The van der Waals surface area contributed by atoms with Crippen LogP contribution in [0.15, 0.2) is 24.3 Å². The van der Waals surface area contributed by atoms with E-state index in [1.165, 1.54) is 4.90 Å². The first-order chi connectivity index (χ1) is 9.93. The molecule has 0 heterocycles. The number of benzene rings is 1. The molecule has 0 fully saturated rings. The van der Waals surface area contributed by atoms with Gasteiger partial charge in [-0.05, 0) is 17.5 Å². The summed E-state index contributed by atoms with van der Waals surface area (Å²) >= 11 is 0. The maximum atomic E-state index is 12.0. The van der Waals surface area contributed by atoms with Crippen molar-refractivity contribution in [3.8, 4) is 12.3 Å². The number of carboxylic acids is 1. The number of amides is 1. The molecule has 0 unspecified atom stereocenters. The van der Waals surface area contributed by atoms with Crippen molar-refractivity contribution in [3.63, 3.8) is 0 Å². The van der Waals surface area contributed by atoms with Gasteiger partial charge < -0.3 is 10.4 Å². The second kappa shape index (κ2) is 8.08. The van der Waals surface area contributed by atoms with Crippen molar-refractivity contribution in [2.75, 3.05) is 25.0 Å². The molecule has 2 N–H and O–H groups in total. The zero-order valence-electron chi connectivity index (χ0n) is 12.3. The van der Waals surface area contributed by atoms with Gasteiger partial charge in [0.05, 0.1) is 19.6 Å². The third-order valence-corrected chi connectivity index (χ3v) is 2.90. The molecule has 1 rings (SSSR count). The van der Waals surface area contributed by atoms with Gasteiger partial charge in [0, 0.05) is 5.69 Å². The molecule has 0 aromatic heterocycles. The maximum Gasteiger partial charge on any atom is 0.317 e. The van der Waals surface area contributed by atoms with Crippen LogP contribution in [0.1, 0.15) is 25.3 Å². The summed E-state index contributed by atoms with van der Waals surface area (Å²) in [6.07, 6.45) is 5.18. The van der Waals surface area contributed by atoms with Crippen LogP contribution in [-0.2, 0) is 9.59 Å². The fourth-order valence-electron chi connectivity index (χ4n) is 2.00. The Morgan fingerprint density at radius 3 is 2.57 bits per heavy atom. The Morgan fingerprint density at radius 1 is 1.33 bits per heavy atom. The number of hydrogen-bond donors (Lipinski definition) is 2. The molecule has 5 heteroatoms. The van der Waals surface area contributed by atoms with Crippen molar-refractivity contribution in [1.82, 2.24) is 4.90 Å². The van der Waals surface area contributed by atoms with E-state index in [1.54, 1.807) is 0 Å². The van der Waals surface area contributed by atoms with E-state index in [0.29, 0.717) is 0 Å². The third-order valence-electron chi connectivity index (χ3n) is 2.90. The molecule has 0 bridgehead atoms. The number of nitrogens with one attached hydrogen (secondary N) is 1. The molecule has 5 nitrogen and oxygen atoms in total. The Morgan fingerprint density at radius 2 is 2.00 bits per heavy atom. The predicted molar refractivity (Wildman–Crippen MR) is 82.1 cm³/mol. The first-order valence-corrected chi connectivity index (χ1v) is 6.70. The molecule has 0 radical (unpaired) electrons. The largest absolute Gasteiger partial charge is 0.480 e. The molecule has 1 aromatic carbocycles. The van der Waals surface area contributed by atoms with Gasteiger partial charge in [0.25, 0.3) is 0 Å². The smallest absolute Gasteiger partial charge is 0.317 e. The lowest BCUT2D eigenvalue weighted by Gasteiger charge is -2.18. The zero-order valence-corrected chi connectivity index (χ0v) is 12.3. The lowest BCUT2D eigenvalue weighted by atomic mass is 10.0. The molecule has 0 spiro atoms. The van der Waals surface area contributed by atoms with Gasteiger partial charge in [-0.25, -0.2) is 0 Å². The Bertz CT molecular complexity index is 547. The Balaban J connectivity index is 2.72. The maximum absolute atomic E-state index is 12.0. The van der Waals surface area contributed by atoms with E-state index < -0.39 is 5.97 Å². The van der Waals surface area contributed by atoms with Crippen LogP contribution in [0.3, 0.4) is 0 Å². The number of anilines is 1. The number of carboxylic acid groups (broad SMARTS) is 1. The van der Waals surface area contributed by atoms with Gasteiger partial charge >= 0.3 is 5.97 Å². The summed E-state index contributed by atoms with van der Waals surface area (Å²) in [6.45, 7) is 3.89. The first-order valence-electron chi connectivity index (χ1n) is 6.70. The monoisotopic (exact) mass is 288 g/mol. The molecular formula is C16H20N2O3. The summed E-state index contributed by atoms with van der Waals surface area (Å²) in [7, 11) is 0. The molecule has 21 heavy (non-hydrogen) atoms. The van der Waals surface area contributed by atoms with Gasteiger partial charge in [0.2, 0.25) is 5.91 Å². The van der Waals surface area contributed by atoms with E-state index in [-0.39, 0.29) is 31.5 Å². The highest BCUT2D eigenvalue weighted by molar-refractivity contribution is 5.93. The van der Waals surface area contributed by atoms with Crippen molar-refractivity contribution >= 4 is 17.6 Å². The lowest BCUT2D eigenvalue weighted by Crippen LogP contribution is -2.37. The number of para-hydroxylation sites is 1. The number of carbonyl (C=O) groups is 2. The Kier molecular flexibility index (Phi) is 6.44. The van der Waals surface area contributed by atoms with Gasteiger partial charge in [0.1, 0.15) is 0 Å². The molecule has 0 aliphatic heterocycles. The van der Waals surface area contributed by atoms with Crippen LogP contribution >= 0.6 is 0 Å². The number of terminal acetylenes is 1. The fraction of sp³-hybridized carbons (Fsp3) is 0.375. The van der Waals surface area contributed by atoms with E-state index in [0.717, 1.165) is 11.3 Å². The molecule has 112 valence electrons. The van der Waals surface area contributed by atoms with E-state index in [9.17, 15) is 9.59 Å². The van der Waals surface area contributed by atoms with Gasteiger partial charge in [-0.3, -0.25) is 14.5 Å². The van der Waals surface area contributed by atoms with Crippen molar-refractivity contribution in [1.29, 1.82) is 0 Å². The molecule has 0 saturated heterocycles. The SMILES string of the molecule is C#CCN(CC(=O)O)CC(=O)Nc1ccccc1C(C)C. The third kappa shape index (κ3) is 5.67. The number of nitrogens with zero attached hydrogens (tertiary/aromatic N) is 1. The van der Waals surface area contributed by atoms with E-state index >= 15 is 0 Å². The molecule has 1 aromatic rings. The molecule has 0 aliphatic carbocycles. The second-order valence-corrected chi connectivity index (χ2v) is 5.03. The van der Waals surface area contributed by atoms with Crippen molar-refractivity contribution in [3.05, 3.63) is 29.8 Å². The lowest BCUT2D eigenvalue weighted by molar-refractivity contribution is -0.138. The summed E-state index contributed by atoms with van der Waals surface area (Å²) in [5, 5.41) is 11.6. The molecule has 1 amide bonds. The minimum Gasteiger partial charge on any atom is -0.480 e. The van der Waals surface area contributed by atoms with Crippen LogP contribution in [0.4, 0.5) is 5.69 Å². The van der Waals surface area contributed by atoms with Crippen molar-refractivity contribution in [2.45, 2.75) is 19.8 Å². The van der Waals surface area contributed by atoms with E-state index in [2.05, 4.69) is 11.2 Å². The topological polar surface area (TPSA) is 69.6 Å². The Hall–Kier alpha value is -2.32. The Labute approximate surface area is 125 Å². The number of rotatable bonds is 7. The standard InChI is InChI=1S/C16H20N2O3/c1-4-9-18(11-16(20)21)10-15(19)17-14-8-6-5-7-13(14)12(2)3/h1,5-8,12H,9-11H2,2-3H3,(H,17,19)(H,20,21). The van der Waals surface area contributed by atoms with Crippen LogP contribution in [0.2, 0.25) is 0 Å². The highest BCUT2D eigenvalue weighted by Gasteiger charge is 2.14. The summed E-state index contributed by atoms with van der Waals surface area (Å²) in [5.74, 6) is 1.34. The van der Waals surface area contributed by atoms with Crippen LogP contribution in [0.25, 0.3) is 0 Å². The van der Waals surface area contributed by atoms with Crippen LogP contribution in [-0.4, -0.2) is 41.5 Å². The van der Waals surface area contributed by atoms with E-state index in [4.69, 9.17) is 11.5 Å². The van der Waals surface area contributed by atoms with Gasteiger partial charge in [-0.15, -0.1) is 6.42 Å². The predicted octanol–water partition coefficient (Wildman–Crippen LogP) is 1.77. The summed E-state index contributed by atoms with van der Waals surface area (Å²) in [6, 6.07) is 7.55. The fourth-order valence-corrected chi connectivity index (χ4v) is 2.00. The highest BCUT2D eigenvalue weighted by atomic mass is 16.4. The number of carbonyl (C=O) groups excluding carboxylic acids is 1. The van der Waals surface area contributed by atoms with Crippen LogP contribution in [0, 0.1) is 12.3 Å². The van der Waals surface area contributed by atoms with Crippen molar-refractivity contribution in [2.24, 2.45) is 0 Å². The molecule has 0 atom stereocenters. The second-order valence-electron chi connectivity index (χ2n) is 5.03. The molecular weight excluding hydrogens is 268 g/mol. The molecule has 0 aliphatic rings. The summed E-state index contributed by atoms with van der Waals surface area (Å²) in [5.41, 5.74) is 1.78. The minimum atomic E-state index is -1.01. The zero-order chi connectivity index (χ0) is 15.8. The normalized spacial score (nSPS) is 10.4. The summed E-state index contributed by atoms with van der Waals surface area (Å²) < 4.78 is 0. The number of hydrogen-bond acceptors (Lipinski definition) is 3. The minimum absolute atomic E-state index is 0.0526. The quantitative estimate of drug-likeness (QED) is 0.750. The average molecular weight is 288 g/mol. The molecule has 0 saturated carbocycles.